The molecule has 0 heterocycles. The third-order valence-corrected chi connectivity index (χ3v) is 3.39. The molecule has 0 radical (unpaired) electrons. The number of rotatable bonds is 5. The van der Waals surface area contributed by atoms with Crippen LogP contribution >= 0.6 is 15.9 Å². The lowest BCUT2D eigenvalue weighted by Crippen LogP contribution is -2.33. The molecule has 0 saturated heterocycles. The predicted octanol–water partition coefficient (Wildman–Crippen LogP) is 4.00. The summed E-state index contributed by atoms with van der Waals surface area (Å²) in [5.74, 6) is -2.63. The lowest BCUT2D eigenvalue weighted by Gasteiger charge is -2.22. The van der Waals surface area contributed by atoms with Crippen molar-refractivity contribution in [2.75, 3.05) is 11.9 Å². The maximum atomic E-state index is 13.8. The molecule has 0 aliphatic rings. The average Bonchev–Trinajstić information content (AvgIpc) is 2.50. The molecule has 0 N–H and O–H groups in total. The van der Waals surface area contributed by atoms with E-state index < -0.39 is 17.5 Å². The summed E-state index contributed by atoms with van der Waals surface area (Å²) >= 11 is 3.28. The average molecular weight is 354 g/mol. The molecule has 0 saturated carbocycles. The van der Waals surface area contributed by atoms with Crippen LogP contribution in [0.25, 0.3) is 0 Å². The number of carbonyl (C=O) groups is 1. The zero-order valence-electron chi connectivity index (χ0n) is 11.2. The highest BCUT2D eigenvalue weighted by atomic mass is 79.9. The first kappa shape index (κ1) is 15.6. The van der Waals surface area contributed by atoms with Crippen LogP contribution < -0.4 is 0 Å². The highest BCUT2D eigenvalue weighted by Gasteiger charge is 2.21. The molecule has 0 spiro atoms. The van der Waals surface area contributed by atoms with E-state index in [1.807, 2.05) is 30.3 Å². The van der Waals surface area contributed by atoms with E-state index in [0.29, 0.717) is 18.4 Å². The van der Waals surface area contributed by atoms with Crippen molar-refractivity contribution >= 4 is 21.8 Å². The minimum atomic E-state index is -1.10. The van der Waals surface area contributed by atoms with Gasteiger partial charge in [0, 0.05) is 18.4 Å². The van der Waals surface area contributed by atoms with Crippen molar-refractivity contribution < 1.29 is 13.6 Å². The number of hydrogen-bond donors (Lipinski definition) is 0. The van der Waals surface area contributed by atoms with Crippen molar-refractivity contribution in [3.8, 4) is 0 Å². The molecule has 2 nitrogen and oxygen atoms in total. The van der Waals surface area contributed by atoms with Crippen LogP contribution in [0.5, 0.6) is 0 Å². The number of alkyl halides is 1. The first-order valence-corrected chi connectivity index (χ1v) is 7.59. The number of halogens is 3. The van der Waals surface area contributed by atoms with Crippen LogP contribution in [0.15, 0.2) is 48.5 Å². The molecule has 0 aliphatic heterocycles. The number of nitrogens with zero attached hydrogens (tertiary/aromatic N) is 1. The molecule has 2 rings (SSSR count). The zero-order chi connectivity index (χ0) is 15.2. The van der Waals surface area contributed by atoms with Gasteiger partial charge in [0.2, 0.25) is 0 Å². The Morgan fingerprint density at radius 3 is 2.43 bits per heavy atom. The molecular weight excluding hydrogens is 340 g/mol. The van der Waals surface area contributed by atoms with Crippen LogP contribution in [0.3, 0.4) is 0 Å². The van der Waals surface area contributed by atoms with Gasteiger partial charge in [-0.2, -0.15) is 0 Å². The monoisotopic (exact) mass is 353 g/mol. The molecule has 1 amide bonds. The van der Waals surface area contributed by atoms with E-state index in [0.717, 1.165) is 11.6 Å². The van der Waals surface area contributed by atoms with Crippen LogP contribution in [0.1, 0.15) is 15.9 Å². The third-order valence-electron chi connectivity index (χ3n) is 3.04. The fraction of sp³-hybridized carbons (Fsp3) is 0.188. The Kier molecular flexibility index (Phi) is 5.44. The first-order valence-electron chi connectivity index (χ1n) is 6.46. The Morgan fingerprint density at radius 1 is 1.05 bits per heavy atom. The summed E-state index contributed by atoms with van der Waals surface area (Å²) in [4.78, 5) is 13.9. The van der Waals surface area contributed by atoms with Gasteiger partial charge >= 0.3 is 0 Å². The van der Waals surface area contributed by atoms with Crippen molar-refractivity contribution in [1.82, 2.24) is 4.90 Å². The van der Waals surface area contributed by atoms with Crippen molar-refractivity contribution in [1.29, 1.82) is 0 Å². The quantitative estimate of drug-likeness (QED) is 0.744. The Balaban J connectivity index is 2.25. The van der Waals surface area contributed by atoms with Gasteiger partial charge in [0.1, 0.15) is 0 Å². The van der Waals surface area contributed by atoms with E-state index in [1.165, 1.54) is 17.0 Å². The lowest BCUT2D eigenvalue weighted by molar-refractivity contribution is 0.0749. The van der Waals surface area contributed by atoms with E-state index in [-0.39, 0.29) is 5.56 Å². The van der Waals surface area contributed by atoms with E-state index in [1.54, 1.807) is 0 Å². The lowest BCUT2D eigenvalue weighted by atomic mass is 10.1. The highest BCUT2D eigenvalue weighted by Crippen LogP contribution is 2.16. The highest BCUT2D eigenvalue weighted by molar-refractivity contribution is 9.09. The molecule has 0 unspecified atom stereocenters. The number of carbonyl (C=O) groups excluding carboxylic acids is 1. The second-order valence-electron chi connectivity index (χ2n) is 4.50. The molecule has 110 valence electrons. The molecule has 2 aromatic carbocycles. The smallest absolute Gasteiger partial charge is 0.257 e. The standard InChI is InChI=1S/C16H14BrF2NO/c17-9-10-20(11-12-5-2-1-3-6-12)16(21)13-7-4-8-14(18)15(13)19/h1-8H,9-11H2. The van der Waals surface area contributed by atoms with Crippen LogP contribution in [-0.4, -0.2) is 22.7 Å². The molecule has 0 aliphatic carbocycles. The van der Waals surface area contributed by atoms with Crippen LogP contribution in [0.4, 0.5) is 8.78 Å². The SMILES string of the molecule is O=C(c1cccc(F)c1F)N(CCBr)Cc1ccccc1. The summed E-state index contributed by atoms with van der Waals surface area (Å²) in [6.45, 7) is 0.755. The van der Waals surface area contributed by atoms with Gasteiger partial charge < -0.3 is 4.90 Å². The van der Waals surface area contributed by atoms with Crippen LogP contribution in [-0.2, 0) is 6.54 Å². The molecule has 5 heteroatoms. The summed E-state index contributed by atoms with van der Waals surface area (Å²) in [7, 11) is 0. The van der Waals surface area contributed by atoms with Gasteiger partial charge in [-0.3, -0.25) is 4.79 Å². The first-order chi connectivity index (χ1) is 10.1. The Labute approximate surface area is 130 Å². The van der Waals surface area contributed by atoms with Gasteiger partial charge in [0.25, 0.3) is 5.91 Å². The van der Waals surface area contributed by atoms with Crippen LogP contribution in [0, 0.1) is 11.6 Å². The van der Waals surface area contributed by atoms with Gasteiger partial charge in [-0.05, 0) is 17.7 Å². The Morgan fingerprint density at radius 2 is 1.76 bits per heavy atom. The van der Waals surface area contributed by atoms with E-state index in [9.17, 15) is 13.6 Å². The third kappa shape index (κ3) is 3.88. The zero-order valence-corrected chi connectivity index (χ0v) is 12.8. The van der Waals surface area contributed by atoms with E-state index in [4.69, 9.17) is 0 Å². The van der Waals surface area contributed by atoms with Gasteiger partial charge in [-0.15, -0.1) is 0 Å². The minimum absolute atomic E-state index is 0.244. The Hall–Kier alpha value is -1.75. The van der Waals surface area contributed by atoms with Gasteiger partial charge in [-0.25, -0.2) is 8.78 Å². The van der Waals surface area contributed by atoms with Crippen molar-refractivity contribution in [2.45, 2.75) is 6.54 Å². The van der Waals surface area contributed by atoms with Crippen molar-refractivity contribution in [3.63, 3.8) is 0 Å². The molecule has 0 bridgehead atoms. The fourth-order valence-electron chi connectivity index (χ4n) is 2.00. The van der Waals surface area contributed by atoms with Gasteiger partial charge in [0.05, 0.1) is 5.56 Å². The predicted molar refractivity (Wildman–Crippen MR) is 81.3 cm³/mol. The normalized spacial score (nSPS) is 10.4. The Bertz CT molecular complexity index is 619. The molecule has 0 atom stereocenters. The summed E-state index contributed by atoms with van der Waals surface area (Å²) in [5.41, 5.74) is 0.690. The molecule has 0 fully saturated rings. The van der Waals surface area contributed by atoms with E-state index in [2.05, 4.69) is 15.9 Å². The summed E-state index contributed by atoms with van der Waals surface area (Å²) in [6.07, 6.45) is 0. The van der Waals surface area contributed by atoms with E-state index >= 15 is 0 Å². The minimum Gasteiger partial charge on any atom is -0.333 e. The second kappa shape index (κ2) is 7.31. The molecule has 0 aromatic heterocycles. The van der Waals surface area contributed by atoms with Crippen molar-refractivity contribution in [2.24, 2.45) is 0 Å². The van der Waals surface area contributed by atoms with Gasteiger partial charge in [0.15, 0.2) is 11.6 Å². The molecule has 21 heavy (non-hydrogen) atoms. The number of hydrogen-bond acceptors (Lipinski definition) is 1. The molecule has 2 aromatic rings. The topological polar surface area (TPSA) is 20.3 Å². The van der Waals surface area contributed by atoms with Crippen molar-refractivity contribution in [3.05, 3.63) is 71.3 Å². The number of benzene rings is 2. The molecular formula is C16H14BrF2NO. The number of amides is 1. The maximum absolute atomic E-state index is 13.8. The fourth-order valence-corrected chi connectivity index (χ4v) is 2.43. The van der Waals surface area contributed by atoms with Gasteiger partial charge in [-0.1, -0.05) is 52.3 Å². The summed E-state index contributed by atoms with van der Waals surface area (Å²) < 4.78 is 27.0. The largest absolute Gasteiger partial charge is 0.333 e. The summed E-state index contributed by atoms with van der Waals surface area (Å²) in [6, 6.07) is 13.0. The maximum Gasteiger partial charge on any atom is 0.257 e. The van der Waals surface area contributed by atoms with Crippen LogP contribution in [0.2, 0.25) is 0 Å². The summed E-state index contributed by atoms with van der Waals surface area (Å²) in [5, 5.41) is 0.558. The second-order valence-corrected chi connectivity index (χ2v) is 5.30.